The Bertz CT molecular complexity index is 618. The van der Waals surface area contributed by atoms with E-state index in [0.717, 1.165) is 41.8 Å². The molecular weight excluding hydrogens is 297 g/mol. The number of ketones is 1. The van der Waals surface area contributed by atoms with Gasteiger partial charge in [-0.2, -0.15) is 0 Å². The first kappa shape index (κ1) is 15.6. The van der Waals surface area contributed by atoms with E-state index >= 15 is 0 Å². The molecule has 2 aliphatic rings. The molecule has 1 saturated carbocycles. The number of hydrogen-bond donors (Lipinski definition) is 1. The zero-order valence-electron chi connectivity index (χ0n) is 13.1. The molecular formula is C18H22FNOS. The summed E-state index contributed by atoms with van der Waals surface area (Å²) in [4.78, 5) is 13.2. The Morgan fingerprint density at radius 3 is 2.77 bits per heavy atom. The third-order valence-electron chi connectivity index (χ3n) is 4.33. The number of carbonyl (C=O) groups excluding carboxylic acids is 1. The lowest BCUT2D eigenvalue weighted by atomic mass is 9.85. The third-order valence-corrected chi connectivity index (χ3v) is 5.50. The number of benzene rings is 1. The van der Waals surface area contributed by atoms with Crippen LogP contribution in [0.4, 0.5) is 4.39 Å². The van der Waals surface area contributed by atoms with Gasteiger partial charge in [0.2, 0.25) is 0 Å². The van der Waals surface area contributed by atoms with Crippen molar-refractivity contribution in [3.8, 4) is 0 Å². The van der Waals surface area contributed by atoms with Crippen molar-refractivity contribution in [2.24, 2.45) is 5.92 Å². The molecule has 0 amide bonds. The Labute approximate surface area is 135 Å². The van der Waals surface area contributed by atoms with Crippen molar-refractivity contribution in [1.29, 1.82) is 0 Å². The van der Waals surface area contributed by atoms with E-state index in [1.807, 2.05) is 13.8 Å². The van der Waals surface area contributed by atoms with E-state index in [-0.39, 0.29) is 22.4 Å². The van der Waals surface area contributed by atoms with E-state index in [1.165, 1.54) is 12.5 Å². The average molecular weight is 319 g/mol. The highest BCUT2D eigenvalue weighted by Gasteiger charge is 2.30. The van der Waals surface area contributed by atoms with E-state index < -0.39 is 0 Å². The lowest BCUT2D eigenvalue weighted by molar-refractivity contribution is -0.119. The molecule has 1 aliphatic carbocycles. The van der Waals surface area contributed by atoms with Gasteiger partial charge in [-0.25, -0.2) is 4.39 Å². The van der Waals surface area contributed by atoms with Gasteiger partial charge in [0.1, 0.15) is 5.82 Å². The Hall–Kier alpha value is -1.29. The van der Waals surface area contributed by atoms with Gasteiger partial charge in [0.05, 0.1) is 4.87 Å². The lowest BCUT2D eigenvalue weighted by Crippen LogP contribution is -2.38. The second kappa shape index (κ2) is 6.07. The van der Waals surface area contributed by atoms with Gasteiger partial charge in [-0.15, -0.1) is 0 Å². The Morgan fingerprint density at radius 2 is 2.05 bits per heavy atom. The molecule has 0 spiro atoms. The maximum atomic E-state index is 13.5. The van der Waals surface area contributed by atoms with Crippen LogP contribution >= 0.6 is 11.8 Å². The van der Waals surface area contributed by atoms with Crippen LogP contribution in [0.5, 0.6) is 0 Å². The molecule has 3 rings (SSSR count). The van der Waals surface area contributed by atoms with Crippen molar-refractivity contribution >= 4 is 23.2 Å². The summed E-state index contributed by atoms with van der Waals surface area (Å²) in [5.74, 6) is 0.131. The first-order valence-corrected chi connectivity index (χ1v) is 8.79. The molecule has 1 aromatic rings. The SMILES string of the molecule is CC1(C)N/C(=C\C(=O)C2CCCCC2)c2ccc(F)cc2S1. The van der Waals surface area contributed by atoms with Crippen LogP contribution in [-0.4, -0.2) is 10.7 Å². The Kier molecular flexibility index (Phi) is 4.31. The van der Waals surface area contributed by atoms with Crippen LogP contribution in [0.1, 0.15) is 51.5 Å². The Balaban J connectivity index is 1.92. The van der Waals surface area contributed by atoms with E-state index in [9.17, 15) is 9.18 Å². The number of rotatable bonds is 2. The number of halogens is 1. The fourth-order valence-electron chi connectivity index (χ4n) is 3.26. The summed E-state index contributed by atoms with van der Waals surface area (Å²) in [7, 11) is 0. The van der Waals surface area contributed by atoms with Crippen LogP contribution in [0.15, 0.2) is 29.2 Å². The van der Waals surface area contributed by atoms with E-state index in [0.29, 0.717) is 0 Å². The van der Waals surface area contributed by atoms with E-state index in [2.05, 4.69) is 5.32 Å². The van der Waals surface area contributed by atoms with Gasteiger partial charge < -0.3 is 5.32 Å². The molecule has 0 unspecified atom stereocenters. The van der Waals surface area contributed by atoms with Crippen molar-refractivity contribution < 1.29 is 9.18 Å². The lowest BCUT2D eigenvalue weighted by Gasteiger charge is -2.35. The zero-order valence-corrected chi connectivity index (χ0v) is 13.9. The third kappa shape index (κ3) is 3.37. The summed E-state index contributed by atoms with van der Waals surface area (Å²) in [5.41, 5.74) is 1.75. The van der Waals surface area contributed by atoms with Gasteiger partial charge in [-0.05, 0) is 44.9 Å². The number of thioether (sulfide) groups is 1. The highest BCUT2D eigenvalue weighted by molar-refractivity contribution is 8.00. The Morgan fingerprint density at radius 1 is 1.32 bits per heavy atom. The van der Waals surface area contributed by atoms with Gasteiger partial charge in [0.15, 0.2) is 5.78 Å². The maximum Gasteiger partial charge on any atom is 0.160 e. The molecule has 0 radical (unpaired) electrons. The summed E-state index contributed by atoms with van der Waals surface area (Å²) in [6.45, 7) is 4.09. The van der Waals surface area contributed by atoms with Crippen molar-refractivity contribution in [2.75, 3.05) is 0 Å². The number of carbonyl (C=O) groups is 1. The predicted octanol–water partition coefficient (Wildman–Crippen LogP) is 4.75. The topological polar surface area (TPSA) is 29.1 Å². The molecule has 118 valence electrons. The van der Waals surface area contributed by atoms with Gasteiger partial charge >= 0.3 is 0 Å². The quantitative estimate of drug-likeness (QED) is 0.798. The van der Waals surface area contributed by atoms with Crippen molar-refractivity contribution in [1.82, 2.24) is 5.32 Å². The second-order valence-electron chi connectivity index (χ2n) is 6.67. The molecule has 0 saturated heterocycles. The van der Waals surface area contributed by atoms with Crippen LogP contribution in [0.2, 0.25) is 0 Å². The molecule has 1 aromatic carbocycles. The van der Waals surface area contributed by atoms with Crippen molar-refractivity contribution in [2.45, 2.75) is 55.7 Å². The molecule has 2 nitrogen and oxygen atoms in total. The summed E-state index contributed by atoms with van der Waals surface area (Å²) in [5, 5.41) is 3.42. The number of allylic oxidation sites excluding steroid dienone is 1. The van der Waals surface area contributed by atoms with Gasteiger partial charge in [-0.1, -0.05) is 31.0 Å². The van der Waals surface area contributed by atoms with Gasteiger partial charge in [0, 0.05) is 28.1 Å². The molecule has 22 heavy (non-hydrogen) atoms. The van der Waals surface area contributed by atoms with E-state index in [1.54, 1.807) is 30.0 Å². The summed E-state index contributed by atoms with van der Waals surface area (Å²) < 4.78 is 13.5. The standard InChI is InChI=1S/C18H22FNOS/c1-18(2)20-15(11-16(21)12-6-4-3-5-7-12)14-9-8-13(19)10-17(14)22-18/h8-12,20H,3-7H2,1-2H3/b15-11-. The van der Waals surface area contributed by atoms with Gasteiger partial charge in [0.25, 0.3) is 0 Å². The molecule has 1 N–H and O–H groups in total. The highest BCUT2D eigenvalue weighted by Crippen LogP contribution is 2.41. The second-order valence-corrected chi connectivity index (χ2v) is 8.34. The molecule has 0 aromatic heterocycles. The first-order valence-electron chi connectivity index (χ1n) is 7.97. The van der Waals surface area contributed by atoms with Crippen LogP contribution in [-0.2, 0) is 4.79 Å². The van der Waals surface area contributed by atoms with Crippen LogP contribution in [0.25, 0.3) is 5.70 Å². The maximum absolute atomic E-state index is 13.5. The average Bonchev–Trinajstić information content (AvgIpc) is 2.46. The van der Waals surface area contributed by atoms with Gasteiger partial charge in [-0.3, -0.25) is 4.79 Å². The largest absolute Gasteiger partial charge is 0.370 e. The van der Waals surface area contributed by atoms with Crippen molar-refractivity contribution in [3.63, 3.8) is 0 Å². The number of nitrogens with one attached hydrogen (secondary N) is 1. The number of hydrogen-bond acceptors (Lipinski definition) is 3. The summed E-state index contributed by atoms with van der Waals surface area (Å²) in [6.07, 6.45) is 7.28. The fraction of sp³-hybridized carbons (Fsp3) is 0.500. The molecule has 1 heterocycles. The minimum atomic E-state index is -0.251. The van der Waals surface area contributed by atoms with Crippen LogP contribution in [0.3, 0.4) is 0 Å². The molecule has 0 bridgehead atoms. The monoisotopic (exact) mass is 319 g/mol. The van der Waals surface area contributed by atoms with Crippen molar-refractivity contribution in [3.05, 3.63) is 35.7 Å². The fourth-order valence-corrected chi connectivity index (χ4v) is 4.43. The molecule has 1 aliphatic heterocycles. The highest BCUT2D eigenvalue weighted by atomic mass is 32.2. The van der Waals surface area contributed by atoms with Crippen LogP contribution < -0.4 is 5.32 Å². The molecule has 0 atom stereocenters. The smallest absolute Gasteiger partial charge is 0.160 e. The summed E-state index contributed by atoms with van der Waals surface area (Å²) in [6, 6.07) is 4.78. The minimum Gasteiger partial charge on any atom is -0.370 e. The first-order chi connectivity index (χ1) is 10.4. The minimum absolute atomic E-state index is 0.157. The molecule has 1 fully saturated rings. The van der Waals surface area contributed by atoms with Crippen LogP contribution in [0, 0.1) is 11.7 Å². The number of fused-ring (bicyclic) bond motifs is 1. The summed E-state index contributed by atoms with van der Waals surface area (Å²) >= 11 is 1.59. The predicted molar refractivity (Wildman–Crippen MR) is 89.0 cm³/mol. The van der Waals surface area contributed by atoms with E-state index in [4.69, 9.17) is 0 Å². The molecule has 4 heteroatoms. The normalized spacial score (nSPS) is 23.0. The zero-order chi connectivity index (χ0) is 15.7.